The molecular formula is C36H44N2O8Si. The number of nitrogens with one attached hydrogen (secondary N) is 1. The van der Waals surface area contributed by atoms with Gasteiger partial charge in [-0.3, -0.25) is 14.3 Å². The molecule has 5 rings (SSSR count). The van der Waals surface area contributed by atoms with Gasteiger partial charge in [0, 0.05) is 12.3 Å². The number of aliphatic hydroxyl groups is 1. The summed E-state index contributed by atoms with van der Waals surface area (Å²) >= 11 is 0. The van der Waals surface area contributed by atoms with Crippen molar-refractivity contribution in [1.82, 2.24) is 9.55 Å². The number of nitrogens with zero attached hydrogens (tertiary/aromatic N) is 1. The summed E-state index contributed by atoms with van der Waals surface area (Å²) < 4.78 is 32.4. The molecule has 10 nitrogen and oxygen atoms in total. The molecule has 0 spiro atoms. The van der Waals surface area contributed by atoms with Crippen LogP contribution < -0.4 is 20.7 Å². The normalized spacial score (nSPS) is 20.3. The zero-order valence-corrected chi connectivity index (χ0v) is 28.9. The van der Waals surface area contributed by atoms with Crippen LogP contribution in [-0.2, 0) is 19.5 Å². The van der Waals surface area contributed by atoms with Gasteiger partial charge in [0.25, 0.3) is 5.56 Å². The highest BCUT2D eigenvalue weighted by molar-refractivity contribution is 6.74. The summed E-state index contributed by atoms with van der Waals surface area (Å²) in [5, 5.41) is 11.7. The fourth-order valence-electron chi connectivity index (χ4n) is 5.63. The van der Waals surface area contributed by atoms with Crippen LogP contribution in [0.25, 0.3) is 0 Å². The SMILES string of the molecule is COc1ccc(C(OC[C@@H]2O[C@H](n3ccc(=O)[nH]c3=O)[C@@H](O[Si](C)(C)C(C)(C)C)[C@H]2O)(c2ccccc2)c2ccc(OC)cc2)cc1. The van der Waals surface area contributed by atoms with Crippen molar-refractivity contribution in [2.75, 3.05) is 20.8 Å². The number of methoxy groups -OCH3 is 2. The second-order valence-electron chi connectivity index (χ2n) is 13.2. The van der Waals surface area contributed by atoms with Gasteiger partial charge in [0.05, 0.1) is 20.8 Å². The zero-order chi connectivity index (χ0) is 34.0. The average Bonchev–Trinajstić information content (AvgIpc) is 3.35. The first kappa shape index (κ1) is 34.3. The van der Waals surface area contributed by atoms with E-state index in [1.165, 1.54) is 16.8 Å². The first-order chi connectivity index (χ1) is 22.3. The largest absolute Gasteiger partial charge is 0.497 e. The summed E-state index contributed by atoms with van der Waals surface area (Å²) in [6.45, 7) is 10.4. The topological polar surface area (TPSA) is 121 Å². The Morgan fingerprint density at radius 1 is 0.830 bits per heavy atom. The van der Waals surface area contributed by atoms with Crippen LogP contribution in [-0.4, -0.2) is 62.1 Å². The fraction of sp³-hybridized carbons (Fsp3) is 0.389. The van der Waals surface area contributed by atoms with Crippen molar-refractivity contribution in [3.63, 3.8) is 0 Å². The number of benzene rings is 3. The molecule has 250 valence electrons. The monoisotopic (exact) mass is 660 g/mol. The van der Waals surface area contributed by atoms with E-state index < -0.39 is 49.7 Å². The number of aliphatic hydroxyl groups excluding tert-OH is 1. The third kappa shape index (κ3) is 6.86. The van der Waals surface area contributed by atoms with Gasteiger partial charge in [-0.15, -0.1) is 0 Å². The second-order valence-corrected chi connectivity index (χ2v) is 18.0. The van der Waals surface area contributed by atoms with Gasteiger partial charge >= 0.3 is 5.69 Å². The van der Waals surface area contributed by atoms with E-state index in [-0.39, 0.29) is 11.6 Å². The van der Waals surface area contributed by atoms with Gasteiger partial charge in [-0.05, 0) is 59.1 Å². The van der Waals surface area contributed by atoms with Crippen molar-refractivity contribution in [1.29, 1.82) is 0 Å². The molecule has 1 aromatic heterocycles. The Morgan fingerprint density at radius 3 is 1.85 bits per heavy atom. The molecule has 0 radical (unpaired) electrons. The molecule has 1 aliphatic rings. The summed E-state index contributed by atoms with van der Waals surface area (Å²) in [5.41, 5.74) is 0.166. The molecule has 47 heavy (non-hydrogen) atoms. The summed E-state index contributed by atoms with van der Waals surface area (Å²) in [6.07, 6.45) is -2.60. The predicted octanol–water partition coefficient (Wildman–Crippen LogP) is 5.21. The van der Waals surface area contributed by atoms with E-state index in [9.17, 15) is 14.7 Å². The van der Waals surface area contributed by atoms with Gasteiger partial charge < -0.3 is 28.5 Å². The summed E-state index contributed by atoms with van der Waals surface area (Å²) in [7, 11) is 0.760. The highest BCUT2D eigenvalue weighted by Crippen LogP contribution is 2.44. The van der Waals surface area contributed by atoms with E-state index in [1.807, 2.05) is 78.9 Å². The van der Waals surface area contributed by atoms with Gasteiger partial charge in [-0.1, -0.05) is 75.4 Å². The van der Waals surface area contributed by atoms with E-state index in [0.717, 1.165) is 16.7 Å². The van der Waals surface area contributed by atoms with E-state index >= 15 is 0 Å². The van der Waals surface area contributed by atoms with Gasteiger partial charge in [-0.25, -0.2) is 4.79 Å². The minimum Gasteiger partial charge on any atom is -0.497 e. The number of rotatable bonds is 11. The summed E-state index contributed by atoms with van der Waals surface area (Å²) in [5.74, 6) is 1.39. The lowest BCUT2D eigenvalue weighted by Crippen LogP contribution is -2.50. The van der Waals surface area contributed by atoms with Gasteiger partial charge in [0.15, 0.2) is 14.5 Å². The van der Waals surface area contributed by atoms with Crippen molar-refractivity contribution in [2.45, 2.75) is 69.0 Å². The number of H-pyrrole nitrogens is 1. The third-order valence-corrected chi connectivity index (χ3v) is 13.8. The average molecular weight is 661 g/mol. The maximum atomic E-state index is 13.0. The van der Waals surface area contributed by atoms with Crippen LogP contribution in [0.1, 0.15) is 43.7 Å². The molecule has 11 heteroatoms. The highest BCUT2D eigenvalue weighted by atomic mass is 28.4. The standard InChI is InChI=1S/C36H44N2O8Si/c1-35(2,3)47(6,7)46-32-31(40)29(45-33(32)38-22-21-30(39)37-34(38)41)23-44-36(24-11-9-8-10-12-24,25-13-17-27(42-4)18-14-25)26-15-19-28(43-5)20-16-26/h8-22,29,31-33,40H,23H2,1-7H3,(H,37,39,41)/t29-,31-,32-,33-/m0/s1. The van der Waals surface area contributed by atoms with Crippen LogP contribution in [0.4, 0.5) is 0 Å². The van der Waals surface area contributed by atoms with Crippen LogP contribution >= 0.6 is 0 Å². The zero-order valence-electron chi connectivity index (χ0n) is 27.9. The molecule has 0 amide bonds. The summed E-state index contributed by atoms with van der Waals surface area (Å²) in [6, 6.07) is 26.4. The highest BCUT2D eigenvalue weighted by Gasteiger charge is 2.51. The van der Waals surface area contributed by atoms with Crippen LogP contribution in [0.3, 0.4) is 0 Å². The van der Waals surface area contributed by atoms with E-state index in [1.54, 1.807) is 14.2 Å². The van der Waals surface area contributed by atoms with Crippen molar-refractivity contribution in [2.24, 2.45) is 0 Å². The minimum absolute atomic E-state index is 0.0694. The summed E-state index contributed by atoms with van der Waals surface area (Å²) in [4.78, 5) is 27.2. The Bertz CT molecular complexity index is 1700. The Kier molecular flexibility index (Phi) is 9.95. The Balaban J connectivity index is 1.59. The van der Waals surface area contributed by atoms with E-state index in [4.69, 9.17) is 23.4 Å². The molecule has 0 bridgehead atoms. The number of hydrogen-bond acceptors (Lipinski definition) is 8. The molecule has 4 atom stereocenters. The smallest absolute Gasteiger partial charge is 0.330 e. The van der Waals surface area contributed by atoms with Gasteiger partial charge in [-0.2, -0.15) is 0 Å². The third-order valence-electron chi connectivity index (χ3n) is 9.31. The van der Waals surface area contributed by atoms with E-state index in [2.05, 4.69) is 38.8 Å². The Labute approximate surface area is 276 Å². The molecule has 1 aliphatic heterocycles. The Morgan fingerprint density at radius 2 is 1.36 bits per heavy atom. The molecule has 4 aromatic rings. The lowest BCUT2D eigenvalue weighted by Gasteiger charge is -2.40. The van der Waals surface area contributed by atoms with Crippen LogP contribution in [0.15, 0.2) is 101 Å². The number of aromatic nitrogens is 2. The van der Waals surface area contributed by atoms with Crippen LogP contribution in [0.5, 0.6) is 11.5 Å². The van der Waals surface area contributed by atoms with Gasteiger partial charge in [0.1, 0.15) is 35.4 Å². The lowest BCUT2D eigenvalue weighted by molar-refractivity contribution is -0.0956. The van der Waals surface area contributed by atoms with Crippen LogP contribution in [0, 0.1) is 0 Å². The molecule has 0 unspecified atom stereocenters. The maximum absolute atomic E-state index is 13.0. The number of ether oxygens (including phenoxy) is 4. The lowest BCUT2D eigenvalue weighted by atomic mass is 9.80. The maximum Gasteiger partial charge on any atom is 0.330 e. The predicted molar refractivity (Wildman–Crippen MR) is 182 cm³/mol. The Hall–Kier alpha value is -4.00. The molecule has 2 N–H and O–H groups in total. The van der Waals surface area contributed by atoms with Crippen molar-refractivity contribution < 1.29 is 28.5 Å². The first-order valence-electron chi connectivity index (χ1n) is 15.6. The quantitative estimate of drug-likeness (QED) is 0.166. The molecule has 0 aliphatic carbocycles. The van der Waals surface area contributed by atoms with Crippen molar-refractivity contribution in [3.8, 4) is 11.5 Å². The van der Waals surface area contributed by atoms with Crippen LogP contribution in [0.2, 0.25) is 18.1 Å². The minimum atomic E-state index is -2.47. The van der Waals surface area contributed by atoms with E-state index in [0.29, 0.717) is 11.5 Å². The molecule has 2 heterocycles. The number of hydrogen-bond donors (Lipinski definition) is 2. The first-order valence-corrected chi connectivity index (χ1v) is 18.5. The fourth-order valence-corrected chi connectivity index (χ4v) is 6.92. The van der Waals surface area contributed by atoms with Crippen molar-refractivity contribution in [3.05, 3.63) is 129 Å². The molecular weight excluding hydrogens is 616 g/mol. The molecule has 1 fully saturated rings. The second kappa shape index (κ2) is 13.6. The number of aromatic amines is 1. The molecule has 3 aromatic carbocycles. The molecule has 0 saturated carbocycles. The van der Waals surface area contributed by atoms with Gasteiger partial charge in [0.2, 0.25) is 0 Å². The molecule has 1 saturated heterocycles. The van der Waals surface area contributed by atoms with Crippen molar-refractivity contribution >= 4 is 8.32 Å².